The maximum absolute atomic E-state index is 11.7. The largest absolute Gasteiger partial charge is 0.338 e. The van der Waals surface area contributed by atoms with Gasteiger partial charge in [0.15, 0.2) is 5.65 Å². The summed E-state index contributed by atoms with van der Waals surface area (Å²) < 4.78 is 11.7. The average Bonchev–Trinajstić information content (AvgIpc) is 3.08. The maximum Gasteiger partial charge on any atom is 0.225 e. The molecule has 5 heterocycles. The fraction of sp³-hybridized carbons (Fsp3) is 0.368. The van der Waals surface area contributed by atoms with Crippen molar-refractivity contribution in [1.29, 1.82) is 0 Å². The Morgan fingerprint density at radius 2 is 1.89 bits per heavy atom. The first-order chi connectivity index (χ1) is 13.2. The van der Waals surface area contributed by atoms with Crippen LogP contribution in [0.2, 0.25) is 0 Å². The topological polar surface area (TPSA) is 75.1 Å². The molecule has 1 atom stereocenters. The molecule has 138 valence electrons. The van der Waals surface area contributed by atoms with Gasteiger partial charge in [-0.3, -0.25) is 9.11 Å². The summed E-state index contributed by atoms with van der Waals surface area (Å²) in [6.07, 6.45) is 3.63. The van der Waals surface area contributed by atoms with E-state index in [2.05, 4.69) is 41.9 Å². The van der Waals surface area contributed by atoms with Crippen molar-refractivity contribution in [2.75, 3.05) is 31.1 Å². The Bertz CT molecular complexity index is 1020. The van der Waals surface area contributed by atoms with Crippen LogP contribution in [0, 0.1) is 0 Å². The van der Waals surface area contributed by atoms with E-state index < -0.39 is 10.8 Å². The van der Waals surface area contributed by atoms with Crippen molar-refractivity contribution < 1.29 is 4.21 Å². The molecule has 0 aliphatic carbocycles. The van der Waals surface area contributed by atoms with Gasteiger partial charge in [0.2, 0.25) is 5.95 Å². The van der Waals surface area contributed by atoms with Crippen LogP contribution in [0.4, 0.5) is 5.95 Å². The third kappa shape index (κ3) is 3.42. The molecule has 27 heavy (non-hydrogen) atoms. The predicted octanol–water partition coefficient (Wildman–Crippen LogP) is 1.50. The molecule has 8 heteroatoms. The molecule has 2 aliphatic heterocycles. The van der Waals surface area contributed by atoms with E-state index in [1.54, 1.807) is 6.20 Å². The number of fused-ring (bicyclic) bond motifs is 2. The van der Waals surface area contributed by atoms with Gasteiger partial charge in [0, 0.05) is 66.9 Å². The van der Waals surface area contributed by atoms with Crippen molar-refractivity contribution in [3.63, 3.8) is 0 Å². The first kappa shape index (κ1) is 16.7. The van der Waals surface area contributed by atoms with Gasteiger partial charge in [-0.2, -0.15) is 0 Å². The highest BCUT2D eigenvalue weighted by Gasteiger charge is 2.23. The molecule has 2 aliphatic rings. The minimum atomic E-state index is -0.812. The monoisotopic (exact) mass is 380 g/mol. The van der Waals surface area contributed by atoms with E-state index in [4.69, 9.17) is 0 Å². The number of anilines is 1. The molecule has 0 spiro atoms. The second-order valence-corrected chi connectivity index (χ2v) is 8.44. The van der Waals surface area contributed by atoms with Crippen LogP contribution in [-0.2, 0) is 28.9 Å². The summed E-state index contributed by atoms with van der Waals surface area (Å²) >= 11 is 0. The number of aromatic nitrogens is 4. The summed E-state index contributed by atoms with van der Waals surface area (Å²) in [5, 5.41) is 1.07. The van der Waals surface area contributed by atoms with Crippen molar-refractivity contribution in [1.82, 2.24) is 24.8 Å². The second-order valence-electron chi connectivity index (χ2n) is 6.99. The summed E-state index contributed by atoms with van der Waals surface area (Å²) in [4.78, 5) is 22.8. The lowest BCUT2D eigenvalue weighted by Gasteiger charge is -2.34. The van der Waals surface area contributed by atoms with E-state index in [1.807, 2.05) is 18.3 Å². The van der Waals surface area contributed by atoms with Crippen LogP contribution in [0.5, 0.6) is 0 Å². The number of hydrogen-bond donors (Lipinski definition) is 0. The smallest absolute Gasteiger partial charge is 0.225 e. The number of pyridine rings is 2. The fourth-order valence-electron chi connectivity index (χ4n) is 3.62. The lowest BCUT2D eigenvalue weighted by atomic mass is 10.2. The molecule has 5 rings (SSSR count). The molecular weight excluding hydrogens is 360 g/mol. The molecule has 3 aromatic rings. The van der Waals surface area contributed by atoms with Gasteiger partial charge in [0.05, 0.1) is 22.9 Å². The minimum Gasteiger partial charge on any atom is -0.338 e. The Kier molecular flexibility index (Phi) is 4.29. The third-order valence-electron chi connectivity index (χ3n) is 5.12. The van der Waals surface area contributed by atoms with Crippen LogP contribution in [0.25, 0.3) is 11.0 Å². The molecule has 0 amide bonds. The van der Waals surface area contributed by atoms with Crippen LogP contribution < -0.4 is 4.90 Å². The molecule has 1 unspecified atom stereocenters. The highest BCUT2D eigenvalue weighted by atomic mass is 32.2. The van der Waals surface area contributed by atoms with Crippen molar-refractivity contribution in [3.05, 3.63) is 53.6 Å². The zero-order valence-corrected chi connectivity index (χ0v) is 15.7. The van der Waals surface area contributed by atoms with E-state index in [0.717, 1.165) is 66.7 Å². The number of hydrogen-bond acceptors (Lipinski definition) is 7. The molecule has 0 N–H and O–H groups in total. The van der Waals surface area contributed by atoms with Crippen molar-refractivity contribution >= 4 is 27.8 Å². The Hall–Kier alpha value is -2.45. The third-order valence-corrected chi connectivity index (χ3v) is 6.35. The fourth-order valence-corrected chi connectivity index (χ4v) is 4.87. The van der Waals surface area contributed by atoms with Gasteiger partial charge < -0.3 is 4.90 Å². The van der Waals surface area contributed by atoms with Crippen LogP contribution in [0.3, 0.4) is 0 Å². The second kappa shape index (κ2) is 6.94. The van der Waals surface area contributed by atoms with Gasteiger partial charge in [0.25, 0.3) is 0 Å². The molecular formula is C19H20N6OS. The van der Waals surface area contributed by atoms with Crippen LogP contribution >= 0.6 is 0 Å². The standard InChI is InChI=1S/C19H20N6OS/c26-27-12-15-10-21-19(23-17(15)13-27)25-8-6-24(7-9-25)11-16-4-3-14-2-1-5-20-18(14)22-16/h1-5,10H,6-9,11-13H2. The zero-order chi connectivity index (χ0) is 18.2. The molecule has 0 bridgehead atoms. The highest BCUT2D eigenvalue weighted by molar-refractivity contribution is 7.83. The van der Waals surface area contributed by atoms with Crippen LogP contribution in [0.15, 0.2) is 36.7 Å². The Morgan fingerprint density at radius 1 is 1.00 bits per heavy atom. The van der Waals surface area contributed by atoms with Crippen molar-refractivity contribution in [2.24, 2.45) is 0 Å². The molecule has 1 fully saturated rings. The molecule has 0 saturated carbocycles. The summed E-state index contributed by atoms with van der Waals surface area (Å²) in [6.45, 7) is 4.47. The highest BCUT2D eigenvalue weighted by Crippen LogP contribution is 2.22. The van der Waals surface area contributed by atoms with Crippen LogP contribution in [0.1, 0.15) is 17.0 Å². The first-order valence-corrected chi connectivity index (χ1v) is 10.6. The van der Waals surface area contributed by atoms with Gasteiger partial charge in [-0.15, -0.1) is 0 Å². The lowest BCUT2D eigenvalue weighted by molar-refractivity contribution is 0.246. The molecule has 1 saturated heterocycles. The Balaban J connectivity index is 1.23. The van der Waals surface area contributed by atoms with Gasteiger partial charge >= 0.3 is 0 Å². The van der Waals surface area contributed by atoms with Crippen LogP contribution in [-0.4, -0.2) is 55.2 Å². The van der Waals surface area contributed by atoms with Crippen molar-refractivity contribution in [2.45, 2.75) is 18.1 Å². The van der Waals surface area contributed by atoms with E-state index >= 15 is 0 Å². The van der Waals surface area contributed by atoms with Crippen molar-refractivity contribution in [3.8, 4) is 0 Å². The number of rotatable bonds is 3. The Morgan fingerprint density at radius 3 is 2.78 bits per heavy atom. The zero-order valence-electron chi connectivity index (χ0n) is 14.9. The van der Waals surface area contributed by atoms with E-state index in [9.17, 15) is 4.21 Å². The SMILES string of the molecule is O=S1Cc2cnc(N3CCN(Cc4ccc5cccnc5n4)CC3)nc2C1. The molecule has 7 nitrogen and oxygen atoms in total. The molecule has 0 radical (unpaired) electrons. The van der Waals surface area contributed by atoms with Gasteiger partial charge in [-0.25, -0.2) is 19.9 Å². The number of nitrogens with zero attached hydrogens (tertiary/aromatic N) is 6. The first-order valence-electron chi connectivity index (χ1n) is 9.12. The van der Waals surface area contributed by atoms with Gasteiger partial charge in [0.1, 0.15) is 0 Å². The quantitative estimate of drug-likeness (QED) is 0.682. The number of piperazine rings is 1. The summed E-state index contributed by atoms with van der Waals surface area (Å²) in [5.41, 5.74) is 3.84. The minimum absolute atomic E-state index is 0.562. The molecule has 3 aromatic heterocycles. The van der Waals surface area contributed by atoms with Gasteiger partial charge in [-0.05, 0) is 24.3 Å². The summed E-state index contributed by atoms with van der Waals surface area (Å²) in [5.74, 6) is 1.92. The Labute approximate surface area is 159 Å². The lowest BCUT2D eigenvalue weighted by Crippen LogP contribution is -2.46. The van der Waals surface area contributed by atoms with E-state index in [-0.39, 0.29) is 0 Å². The predicted molar refractivity (Wildman–Crippen MR) is 105 cm³/mol. The van der Waals surface area contributed by atoms with Gasteiger partial charge in [-0.1, -0.05) is 0 Å². The molecule has 0 aromatic carbocycles. The van der Waals surface area contributed by atoms with E-state index in [1.165, 1.54) is 0 Å². The van der Waals surface area contributed by atoms with E-state index in [0.29, 0.717) is 11.5 Å². The summed E-state index contributed by atoms with van der Waals surface area (Å²) in [6, 6.07) is 8.13. The normalized spacial score (nSPS) is 20.1. The average molecular weight is 380 g/mol. The maximum atomic E-state index is 11.7. The summed E-state index contributed by atoms with van der Waals surface area (Å²) in [7, 11) is -0.812.